The molecule has 1 fully saturated rings. The number of nitrogens with zero attached hydrogens (tertiary/aromatic N) is 1. The number of carboxylic acid groups (broad SMARTS) is 1. The van der Waals surface area contributed by atoms with E-state index in [2.05, 4.69) is 11.8 Å². The maximum absolute atomic E-state index is 11.1. The van der Waals surface area contributed by atoms with Gasteiger partial charge in [0.15, 0.2) is 0 Å². The molecule has 0 aliphatic carbocycles. The summed E-state index contributed by atoms with van der Waals surface area (Å²) in [5.41, 5.74) is 0. The minimum absolute atomic E-state index is 0.320. The third kappa shape index (κ3) is 4.64. The van der Waals surface area contributed by atoms with Crippen LogP contribution >= 0.6 is 0 Å². The minimum Gasteiger partial charge on any atom is -0.480 e. The average molecular weight is 243 g/mol. The van der Waals surface area contributed by atoms with E-state index in [0.29, 0.717) is 12.5 Å². The van der Waals surface area contributed by atoms with Crippen LogP contribution in [0.5, 0.6) is 0 Å². The van der Waals surface area contributed by atoms with Gasteiger partial charge in [0.1, 0.15) is 6.04 Å². The maximum atomic E-state index is 11.1. The molecule has 1 aliphatic heterocycles. The molecule has 1 rings (SSSR count). The number of rotatable bonds is 6. The van der Waals surface area contributed by atoms with Gasteiger partial charge < -0.3 is 9.84 Å². The van der Waals surface area contributed by atoms with Crippen molar-refractivity contribution in [3.63, 3.8) is 0 Å². The lowest BCUT2D eigenvalue weighted by molar-refractivity contribution is -0.143. The second kappa shape index (κ2) is 7.67. The predicted molar refractivity (Wildman–Crippen MR) is 67.2 cm³/mol. The van der Waals surface area contributed by atoms with E-state index >= 15 is 0 Å². The summed E-state index contributed by atoms with van der Waals surface area (Å²) >= 11 is 0. The molecule has 0 saturated carbocycles. The molecule has 0 amide bonds. The van der Waals surface area contributed by atoms with E-state index in [-0.39, 0.29) is 6.04 Å². The van der Waals surface area contributed by atoms with Crippen molar-refractivity contribution in [1.82, 2.24) is 4.90 Å². The summed E-state index contributed by atoms with van der Waals surface area (Å²) in [4.78, 5) is 13.2. The van der Waals surface area contributed by atoms with Gasteiger partial charge in [-0.25, -0.2) is 0 Å². The van der Waals surface area contributed by atoms with E-state index in [0.717, 1.165) is 45.4 Å². The molecular formula is C13H25NO3. The Morgan fingerprint density at radius 3 is 2.76 bits per heavy atom. The van der Waals surface area contributed by atoms with Gasteiger partial charge >= 0.3 is 5.97 Å². The van der Waals surface area contributed by atoms with Crippen molar-refractivity contribution >= 4 is 5.97 Å². The molecule has 0 aromatic carbocycles. The van der Waals surface area contributed by atoms with E-state index in [1.54, 1.807) is 0 Å². The first-order chi connectivity index (χ1) is 8.19. The molecule has 0 aromatic heterocycles. The lowest BCUT2D eigenvalue weighted by atomic mass is 10.1. The van der Waals surface area contributed by atoms with Gasteiger partial charge in [-0.3, -0.25) is 9.69 Å². The maximum Gasteiger partial charge on any atom is 0.320 e. The standard InChI is InChI=1S/C13H25NO3/c1-3-10-17-11-6-5-8-14(9-7-11)12(4-2)13(15)16/h11-12H,3-10H2,1-2H3,(H,15,16). The number of ether oxygens (including phenoxy) is 1. The summed E-state index contributed by atoms with van der Waals surface area (Å²) < 4.78 is 5.76. The third-order valence-corrected chi connectivity index (χ3v) is 3.38. The smallest absolute Gasteiger partial charge is 0.320 e. The van der Waals surface area contributed by atoms with Crippen molar-refractivity contribution in [3.05, 3.63) is 0 Å². The third-order valence-electron chi connectivity index (χ3n) is 3.38. The summed E-state index contributed by atoms with van der Waals surface area (Å²) in [5.74, 6) is -0.694. The highest BCUT2D eigenvalue weighted by Gasteiger charge is 2.26. The monoisotopic (exact) mass is 243 g/mol. The molecule has 2 unspecified atom stereocenters. The second-order valence-corrected chi connectivity index (χ2v) is 4.72. The topological polar surface area (TPSA) is 49.8 Å². The van der Waals surface area contributed by atoms with Crippen molar-refractivity contribution < 1.29 is 14.6 Å². The SMILES string of the molecule is CCCOC1CCCN(C(CC)C(=O)O)CC1. The number of carbonyl (C=O) groups is 1. The molecule has 1 N–H and O–H groups in total. The molecule has 0 spiro atoms. The van der Waals surface area contributed by atoms with E-state index < -0.39 is 5.97 Å². The molecule has 0 radical (unpaired) electrons. The Labute approximate surface area is 104 Å². The normalized spacial score (nSPS) is 24.2. The molecule has 0 aromatic rings. The molecular weight excluding hydrogens is 218 g/mol. The van der Waals surface area contributed by atoms with Crippen LogP contribution in [0.2, 0.25) is 0 Å². The van der Waals surface area contributed by atoms with E-state index in [1.165, 1.54) is 0 Å². The van der Waals surface area contributed by atoms with Crippen LogP contribution in [-0.2, 0) is 9.53 Å². The highest BCUT2D eigenvalue weighted by Crippen LogP contribution is 2.17. The number of likely N-dealkylation sites (tertiary alicyclic amines) is 1. The lowest BCUT2D eigenvalue weighted by Gasteiger charge is -2.26. The van der Waals surface area contributed by atoms with Gasteiger partial charge in [-0.05, 0) is 38.6 Å². The Bertz CT molecular complexity index is 233. The van der Waals surface area contributed by atoms with Gasteiger partial charge in [-0.1, -0.05) is 13.8 Å². The summed E-state index contributed by atoms with van der Waals surface area (Å²) in [6, 6.07) is -0.320. The minimum atomic E-state index is -0.694. The van der Waals surface area contributed by atoms with Gasteiger partial charge in [0.05, 0.1) is 6.10 Å². The van der Waals surface area contributed by atoms with Crippen LogP contribution in [0.1, 0.15) is 46.0 Å². The zero-order valence-electron chi connectivity index (χ0n) is 11.0. The molecule has 1 aliphatic rings. The lowest BCUT2D eigenvalue weighted by Crippen LogP contribution is -2.41. The first kappa shape index (κ1) is 14.5. The van der Waals surface area contributed by atoms with Gasteiger partial charge in [0.25, 0.3) is 0 Å². The Kier molecular flexibility index (Phi) is 6.52. The molecule has 4 heteroatoms. The first-order valence-electron chi connectivity index (χ1n) is 6.77. The van der Waals surface area contributed by atoms with Crippen LogP contribution in [0.15, 0.2) is 0 Å². The van der Waals surface area contributed by atoms with E-state index in [4.69, 9.17) is 9.84 Å². The molecule has 0 bridgehead atoms. The molecule has 4 nitrogen and oxygen atoms in total. The summed E-state index contributed by atoms with van der Waals surface area (Å²) in [6.07, 6.45) is 5.11. The van der Waals surface area contributed by atoms with Gasteiger partial charge in [0, 0.05) is 13.2 Å². The van der Waals surface area contributed by atoms with Gasteiger partial charge in [0.2, 0.25) is 0 Å². The number of aliphatic carboxylic acids is 1. The van der Waals surface area contributed by atoms with E-state index in [9.17, 15) is 4.79 Å². The first-order valence-corrected chi connectivity index (χ1v) is 6.77. The van der Waals surface area contributed by atoms with Crippen LogP contribution in [0.25, 0.3) is 0 Å². The van der Waals surface area contributed by atoms with Crippen molar-refractivity contribution in [2.45, 2.75) is 58.1 Å². The summed E-state index contributed by atoms with van der Waals surface area (Å²) in [5, 5.41) is 9.15. The molecule has 1 heterocycles. The van der Waals surface area contributed by atoms with Crippen LogP contribution in [0, 0.1) is 0 Å². The van der Waals surface area contributed by atoms with E-state index in [1.807, 2.05) is 6.92 Å². The highest BCUT2D eigenvalue weighted by atomic mass is 16.5. The average Bonchev–Trinajstić information content (AvgIpc) is 2.53. The fourth-order valence-corrected chi connectivity index (χ4v) is 2.44. The summed E-state index contributed by atoms with van der Waals surface area (Å²) in [6.45, 7) is 6.60. The summed E-state index contributed by atoms with van der Waals surface area (Å²) in [7, 11) is 0. The fraction of sp³-hybridized carbons (Fsp3) is 0.923. The van der Waals surface area contributed by atoms with Crippen LogP contribution in [-0.4, -0.2) is 47.8 Å². The van der Waals surface area contributed by atoms with Crippen molar-refractivity contribution in [1.29, 1.82) is 0 Å². The van der Waals surface area contributed by atoms with Crippen LogP contribution < -0.4 is 0 Å². The highest BCUT2D eigenvalue weighted by molar-refractivity contribution is 5.73. The number of hydrogen-bond acceptors (Lipinski definition) is 3. The molecule has 100 valence electrons. The molecule has 2 atom stereocenters. The number of carboxylic acids is 1. The zero-order valence-corrected chi connectivity index (χ0v) is 11.0. The van der Waals surface area contributed by atoms with Crippen LogP contribution in [0.3, 0.4) is 0 Å². The predicted octanol–water partition coefficient (Wildman–Crippen LogP) is 2.13. The fourth-order valence-electron chi connectivity index (χ4n) is 2.44. The Balaban J connectivity index is 2.43. The molecule has 17 heavy (non-hydrogen) atoms. The zero-order chi connectivity index (χ0) is 12.7. The van der Waals surface area contributed by atoms with Crippen LogP contribution in [0.4, 0.5) is 0 Å². The van der Waals surface area contributed by atoms with Crippen molar-refractivity contribution in [2.75, 3.05) is 19.7 Å². The Hall–Kier alpha value is -0.610. The second-order valence-electron chi connectivity index (χ2n) is 4.72. The molecule has 1 saturated heterocycles. The number of hydrogen-bond donors (Lipinski definition) is 1. The van der Waals surface area contributed by atoms with Crippen molar-refractivity contribution in [2.24, 2.45) is 0 Å². The Morgan fingerprint density at radius 2 is 2.18 bits per heavy atom. The van der Waals surface area contributed by atoms with Gasteiger partial charge in [-0.2, -0.15) is 0 Å². The quantitative estimate of drug-likeness (QED) is 0.776. The largest absolute Gasteiger partial charge is 0.480 e. The van der Waals surface area contributed by atoms with Crippen molar-refractivity contribution in [3.8, 4) is 0 Å². The van der Waals surface area contributed by atoms with Gasteiger partial charge in [-0.15, -0.1) is 0 Å². The Morgan fingerprint density at radius 1 is 1.41 bits per heavy atom.